The Balaban J connectivity index is 2.06. The van der Waals surface area contributed by atoms with Crippen molar-refractivity contribution in [3.63, 3.8) is 0 Å². The number of hydrogen-bond donors (Lipinski definition) is 1. The molecule has 0 atom stereocenters. The second kappa shape index (κ2) is 14.4. The van der Waals surface area contributed by atoms with Crippen molar-refractivity contribution in [3.8, 4) is 0 Å². The van der Waals surface area contributed by atoms with Crippen LogP contribution in [0, 0.1) is 0 Å². The Bertz CT molecular complexity index is 520. The van der Waals surface area contributed by atoms with Gasteiger partial charge in [0.2, 0.25) is 5.91 Å². The molecule has 0 saturated heterocycles. The molecule has 1 aromatic rings. The smallest absolute Gasteiger partial charge is 0.240 e. The van der Waals surface area contributed by atoms with Crippen LogP contribution in [0.2, 0.25) is 0 Å². The van der Waals surface area contributed by atoms with Gasteiger partial charge >= 0.3 is 0 Å². The molecule has 0 fully saturated rings. The Morgan fingerprint density at radius 1 is 0.960 bits per heavy atom. The first kappa shape index (κ1) is 21.1. The Morgan fingerprint density at radius 2 is 1.56 bits per heavy atom. The third kappa shape index (κ3) is 12.2. The van der Waals surface area contributed by atoms with Crippen LogP contribution in [0.25, 0.3) is 6.08 Å². The maximum atomic E-state index is 11.7. The number of rotatable bonds is 13. The van der Waals surface area contributed by atoms with Gasteiger partial charge in [0.15, 0.2) is 0 Å². The van der Waals surface area contributed by atoms with Gasteiger partial charge in [-0.15, -0.1) is 0 Å². The minimum atomic E-state index is 0.00621. The summed E-state index contributed by atoms with van der Waals surface area (Å²) in [5.74, 6) is 0.00621. The van der Waals surface area contributed by atoms with Crippen LogP contribution < -0.4 is 5.43 Å². The first-order valence-corrected chi connectivity index (χ1v) is 9.77. The number of allylic oxidation sites excluding steroid dienone is 1. The second-order valence-electron chi connectivity index (χ2n) is 6.67. The number of hydrazone groups is 1. The molecule has 138 valence electrons. The summed E-state index contributed by atoms with van der Waals surface area (Å²) in [5.41, 5.74) is 4.76. The van der Waals surface area contributed by atoms with E-state index < -0.39 is 0 Å². The van der Waals surface area contributed by atoms with E-state index in [9.17, 15) is 4.79 Å². The van der Waals surface area contributed by atoms with Gasteiger partial charge in [-0.2, -0.15) is 5.10 Å². The van der Waals surface area contributed by atoms with Crippen LogP contribution in [0.1, 0.15) is 83.6 Å². The van der Waals surface area contributed by atoms with Gasteiger partial charge in [-0.1, -0.05) is 94.7 Å². The highest BCUT2D eigenvalue weighted by molar-refractivity contribution is 5.86. The van der Waals surface area contributed by atoms with E-state index in [2.05, 4.69) is 17.5 Å². The molecule has 0 bridgehead atoms. The lowest BCUT2D eigenvalue weighted by Crippen LogP contribution is -2.16. The molecule has 0 aliphatic rings. The zero-order valence-corrected chi connectivity index (χ0v) is 16.0. The highest BCUT2D eigenvalue weighted by Gasteiger charge is 1.99. The number of nitrogens with zero attached hydrogens (tertiary/aromatic N) is 1. The summed E-state index contributed by atoms with van der Waals surface area (Å²) in [7, 11) is 0. The largest absolute Gasteiger partial charge is 0.273 e. The van der Waals surface area contributed by atoms with Crippen LogP contribution >= 0.6 is 0 Å². The van der Waals surface area contributed by atoms with E-state index in [0.717, 1.165) is 24.0 Å². The molecule has 0 spiro atoms. The third-order valence-electron chi connectivity index (χ3n) is 4.16. The van der Waals surface area contributed by atoms with Crippen LogP contribution in [-0.4, -0.2) is 12.1 Å². The van der Waals surface area contributed by atoms with Crippen molar-refractivity contribution < 1.29 is 4.79 Å². The molecule has 0 aliphatic heterocycles. The maximum absolute atomic E-state index is 11.7. The molecule has 0 aliphatic carbocycles. The van der Waals surface area contributed by atoms with Gasteiger partial charge in [-0.3, -0.25) is 4.79 Å². The van der Waals surface area contributed by atoms with Crippen molar-refractivity contribution >= 4 is 18.2 Å². The quantitative estimate of drug-likeness (QED) is 0.262. The Labute approximate surface area is 153 Å². The molecule has 1 amide bonds. The number of carbonyl (C=O) groups excluding carboxylic acids is 1. The first-order valence-electron chi connectivity index (χ1n) is 9.77. The fourth-order valence-electron chi connectivity index (χ4n) is 2.71. The number of hydrogen-bond acceptors (Lipinski definition) is 2. The Hall–Kier alpha value is -1.90. The van der Waals surface area contributed by atoms with Crippen LogP contribution in [-0.2, 0) is 4.79 Å². The van der Waals surface area contributed by atoms with Gasteiger partial charge in [0, 0.05) is 6.42 Å². The highest BCUT2D eigenvalue weighted by Crippen LogP contribution is 2.10. The fourth-order valence-corrected chi connectivity index (χ4v) is 2.71. The van der Waals surface area contributed by atoms with E-state index in [1.54, 1.807) is 6.21 Å². The summed E-state index contributed by atoms with van der Waals surface area (Å²) in [6.07, 6.45) is 15.7. The summed E-state index contributed by atoms with van der Waals surface area (Å²) in [6.45, 7) is 4.22. The van der Waals surface area contributed by atoms with Gasteiger partial charge in [-0.25, -0.2) is 5.43 Å². The van der Waals surface area contributed by atoms with Crippen molar-refractivity contribution in [2.75, 3.05) is 0 Å². The SMILES string of the molecule is CCCCCCCCCCCC(=O)N/N=C/C(C)=C/c1ccccc1. The molecule has 25 heavy (non-hydrogen) atoms. The number of unbranched alkanes of at least 4 members (excludes halogenated alkanes) is 8. The van der Waals surface area contributed by atoms with Gasteiger partial charge in [0.25, 0.3) is 0 Å². The van der Waals surface area contributed by atoms with Crippen molar-refractivity contribution in [1.82, 2.24) is 5.43 Å². The molecule has 0 aromatic heterocycles. The molecule has 0 unspecified atom stereocenters. The summed E-state index contributed by atoms with van der Waals surface area (Å²) in [6, 6.07) is 10.1. The fraction of sp³-hybridized carbons (Fsp3) is 0.545. The zero-order valence-electron chi connectivity index (χ0n) is 16.0. The van der Waals surface area contributed by atoms with Crippen LogP contribution in [0.15, 0.2) is 41.0 Å². The average molecular weight is 343 g/mol. The topological polar surface area (TPSA) is 41.5 Å². The lowest BCUT2D eigenvalue weighted by Gasteiger charge is -2.02. The first-order chi connectivity index (χ1) is 12.2. The van der Waals surface area contributed by atoms with E-state index in [1.165, 1.54) is 44.9 Å². The number of nitrogens with one attached hydrogen (secondary N) is 1. The lowest BCUT2D eigenvalue weighted by atomic mass is 10.1. The van der Waals surface area contributed by atoms with Gasteiger partial charge in [0.1, 0.15) is 0 Å². The summed E-state index contributed by atoms with van der Waals surface area (Å²) >= 11 is 0. The molecular formula is C22H34N2O. The average Bonchev–Trinajstić information content (AvgIpc) is 2.61. The number of carbonyl (C=O) groups is 1. The highest BCUT2D eigenvalue weighted by atomic mass is 16.2. The molecule has 1 N–H and O–H groups in total. The molecule has 1 rings (SSSR count). The molecule has 0 heterocycles. The summed E-state index contributed by atoms with van der Waals surface area (Å²) < 4.78 is 0. The predicted molar refractivity (Wildman–Crippen MR) is 109 cm³/mol. The van der Waals surface area contributed by atoms with Gasteiger partial charge < -0.3 is 0 Å². The van der Waals surface area contributed by atoms with Crippen LogP contribution in [0.3, 0.4) is 0 Å². The standard InChI is InChI=1S/C22H34N2O/c1-3-4-5-6-7-8-9-10-14-17-22(25)24-23-19-20(2)18-21-15-12-11-13-16-21/h11-13,15-16,18-19H,3-10,14,17H2,1-2H3,(H,24,25)/b20-18+,23-19+. The van der Waals surface area contributed by atoms with E-state index >= 15 is 0 Å². The summed E-state index contributed by atoms with van der Waals surface area (Å²) in [5, 5.41) is 4.03. The molecule has 0 saturated carbocycles. The second-order valence-corrected chi connectivity index (χ2v) is 6.67. The normalized spacial score (nSPS) is 11.8. The molecule has 3 heteroatoms. The minimum Gasteiger partial charge on any atom is -0.273 e. The zero-order chi connectivity index (χ0) is 18.2. The summed E-state index contributed by atoms with van der Waals surface area (Å²) in [4.78, 5) is 11.7. The van der Waals surface area contributed by atoms with Crippen LogP contribution in [0.4, 0.5) is 0 Å². The Kier molecular flexibility index (Phi) is 12.2. The van der Waals surface area contributed by atoms with Gasteiger partial charge in [-0.05, 0) is 24.5 Å². The maximum Gasteiger partial charge on any atom is 0.240 e. The van der Waals surface area contributed by atoms with E-state index in [4.69, 9.17) is 0 Å². The monoisotopic (exact) mass is 342 g/mol. The van der Waals surface area contributed by atoms with Crippen molar-refractivity contribution in [3.05, 3.63) is 41.5 Å². The van der Waals surface area contributed by atoms with Gasteiger partial charge in [0.05, 0.1) is 6.21 Å². The number of benzene rings is 1. The van der Waals surface area contributed by atoms with Crippen molar-refractivity contribution in [2.24, 2.45) is 5.10 Å². The minimum absolute atomic E-state index is 0.00621. The van der Waals surface area contributed by atoms with Crippen molar-refractivity contribution in [1.29, 1.82) is 0 Å². The van der Waals surface area contributed by atoms with Crippen molar-refractivity contribution in [2.45, 2.75) is 78.1 Å². The molecular weight excluding hydrogens is 308 g/mol. The Morgan fingerprint density at radius 3 is 2.20 bits per heavy atom. The van der Waals surface area contributed by atoms with Crippen LogP contribution in [0.5, 0.6) is 0 Å². The van der Waals surface area contributed by atoms with E-state index in [1.807, 2.05) is 43.3 Å². The third-order valence-corrected chi connectivity index (χ3v) is 4.16. The molecule has 0 radical (unpaired) electrons. The molecule has 3 nitrogen and oxygen atoms in total. The predicted octanol–water partition coefficient (Wildman–Crippen LogP) is 6.11. The number of amides is 1. The lowest BCUT2D eigenvalue weighted by molar-refractivity contribution is -0.121. The van der Waals surface area contributed by atoms with E-state index in [-0.39, 0.29) is 5.91 Å². The molecule has 1 aromatic carbocycles. The van der Waals surface area contributed by atoms with E-state index in [0.29, 0.717) is 6.42 Å².